The summed E-state index contributed by atoms with van der Waals surface area (Å²) in [5.41, 5.74) is 2.67. The Morgan fingerprint density at radius 2 is 2.09 bits per heavy atom. The number of hydrogen-bond acceptors (Lipinski definition) is 6. The standard InChI is InChI=1S/C24H27N5O5S/c30-23(25-13-16-4-6-20-18(11-16)14-26-27-20)15-29-9-2-1-3-21(24(29)31)28-35(32,33)19-5-7-22-17(12-19)8-10-34-22/h4-7,11-12,14,21,28H,1-3,8-10,13,15H2,(H,25,30)(H,26,27)/t21-/m0/s1. The Morgan fingerprint density at radius 1 is 1.20 bits per heavy atom. The van der Waals surface area contributed by atoms with E-state index < -0.39 is 16.1 Å². The molecule has 3 N–H and O–H groups in total. The maximum atomic E-state index is 13.2. The fourth-order valence-corrected chi connectivity index (χ4v) is 5.76. The lowest BCUT2D eigenvalue weighted by Gasteiger charge is -2.24. The van der Waals surface area contributed by atoms with Crippen molar-refractivity contribution < 1.29 is 22.7 Å². The third-order valence-corrected chi connectivity index (χ3v) is 7.85. The van der Waals surface area contributed by atoms with Crippen molar-refractivity contribution in [2.75, 3.05) is 19.7 Å². The molecule has 3 aromatic rings. The Hall–Kier alpha value is -3.44. The maximum absolute atomic E-state index is 13.2. The van der Waals surface area contributed by atoms with Gasteiger partial charge in [-0.05, 0) is 60.7 Å². The molecule has 0 unspecified atom stereocenters. The minimum Gasteiger partial charge on any atom is -0.493 e. The van der Waals surface area contributed by atoms with Gasteiger partial charge in [-0.15, -0.1) is 0 Å². The van der Waals surface area contributed by atoms with Crippen molar-refractivity contribution in [3.63, 3.8) is 0 Å². The Labute approximate surface area is 203 Å². The largest absolute Gasteiger partial charge is 0.493 e. The van der Waals surface area contributed by atoms with Gasteiger partial charge in [-0.2, -0.15) is 9.82 Å². The molecule has 2 aliphatic heterocycles. The smallest absolute Gasteiger partial charge is 0.241 e. The molecule has 11 heteroatoms. The highest BCUT2D eigenvalue weighted by atomic mass is 32.2. The highest BCUT2D eigenvalue weighted by molar-refractivity contribution is 7.89. The monoisotopic (exact) mass is 497 g/mol. The Balaban J connectivity index is 1.21. The summed E-state index contributed by atoms with van der Waals surface area (Å²) in [6.07, 6.45) is 4.13. The van der Waals surface area contributed by atoms with Gasteiger partial charge in [0.05, 0.1) is 29.8 Å². The fraction of sp³-hybridized carbons (Fsp3) is 0.375. The summed E-state index contributed by atoms with van der Waals surface area (Å²) in [6.45, 7) is 1.13. The van der Waals surface area contributed by atoms with Gasteiger partial charge in [0.15, 0.2) is 0 Å². The number of fused-ring (bicyclic) bond motifs is 2. The lowest BCUT2D eigenvalue weighted by molar-refractivity contribution is -0.136. The average Bonchev–Trinajstić information content (AvgIpc) is 3.48. The van der Waals surface area contributed by atoms with Crippen LogP contribution >= 0.6 is 0 Å². The molecule has 3 heterocycles. The highest BCUT2D eigenvalue weighted by Crippen LogP contribution is 2.28. The van der Waals surface area contributed by atoms with Crippen molar-refractivity contribution in [3.05, 3.63) is 53.7 Å². The van der Waals surface area contributed by atoms with Crippen molar-refractivity contribution in [2.45, 2.75) is 43.2 Å². The van der Waals surface area contributed by atoms with E-state index in [-0.39, 0.29) is 23.3 Å². The van der Waals surface area contributed by atoms with Crippen molar-refractivity contribution in [3.8, 4) is 5.75 Å². The summed E-state index contributed by atoms with van der Waals surface area (Å²) in [5.74, 6) is 0.00896. The Morgan fingerprint density at radius 3 is 2.97 bits per heavy atom. The molecule has 1 saturated heterocycles. The van der Waals surface area contributed by atoms with Crippen LogP contribution in [0.5, 0.6) is 5.75 Å². The molecule has 0 bridgehead atoms. The van der Waals surface area contributed by atoms with Crippen LogP contribution in [0.4, 0.5) is 0 Å². The number of aromatic amines is 1. The molecule has 0 aliphatic carbocycles. The molecule has 2 amide bonds. The van der Waals surface area contributed by atoms with E-state index in [1.165, 1.54) is 11.0 Å². The van der Waals surface area contributed by atoms with Crippen molar-refractivity contribution in [1.82, 2.24) is 25.1 Å². The number of rotatable bonds is 7. The van der Waals surface area contributed by atoms with Crippen molar-refractivity contribution >= 4 is 32.7 Å². The number of hydrogen-bond donors (Lipinski definition) is 3. The number of carbonyl (C=O) groups excluding carboxylic acids is 2. The first-order chi connectivity index (χ1) is 16.9. The molecule has 2 aromatic carbocycles. The van der Waals surface area contributed by atoms with Crippen LogP contribution in [0.2, 0.25) is 0 Å². The molecule has 0 spiro atoms. The van der Waals surface area contributed by atoms with Crippen LogP contribution in [-0.4, -0.2) is 61.1 Å². The van der Waals surface area contributed by atoms with Crippen molar-refractivity contribution in [2.24, 2.45) is 0 Å². The second-order valence-electron chi connectivity index (χ2n) is 8.87. The minimum absolute atomic E-state index is 0.109. The SMILES string of the molecule is O=C(CN1CCCC[C@H](NS(=O)(=O)c2ccc3c(c2)CCO3)C1=O)NCc1ccc2[nH]ncc2c1. The molecule has 1 atom stereocenters. The van der Waals surface area contributed by atoms with E-state index in [1.807, 2.05) is 18.2 Å². The molecule has 2 aliphatic rings. The van der Waals surface area contributed by atoms with Crippen molar-refractivity contribution in [1.29, 1.82) is 0 Å². The second-order valence-corrected chi connectivity index (χ2v) is 10.6. The zero-order valence-corrected chi connectivity index (χ0v) is 19.9. The number of H-pyrrole nitrogens is 1. The molecule has 184 valence electrons. The number of amides is 2. The highest BCUT2D eigenvalue weighted by Gasteiger charge is 2.32. The molecule has 5 rings (SSSR count). The van der Waals surface area contributed by atoms with E-state index in [2.05, 4.69) is 20.2 Å². The number of carbonyl (C=O) groups is 2. The van der Waals surface area contributed by atoms with Gasteiger partial charge in [0.1, 0.15) is 11.8 Å². The van der Waals surface area contributed by atoms with Crippen LogP contribution in [0.1, 0.15) is 30.4 Å². The molecule has 1 aromatic heterocycles. The first kappa shape index (κ1) is 23.3. The molecule has 0 saturated carbocycles. The lowest BCUT2D eigenvalue weighted by atomic mass is 10.1. The van der Waals surface area contributed by atoms with Crippen LogP contribution in [-0.2, 0) is 32.6 Å². The van der Waals surface area contributed by atoms with Gasteiger partial charge in [-0.25, -0.2) is 8.42 Å². The van der Waals surface area contributed by atoms with E-state index >= 15 is 0 Å². The van der Waals surface area contributed by atoms with Gasteiger partial charge in [-0.1, -0.05) is 6.07 Å². The van der Waals surface area contributed by atoms with Gasteiger partial charge in [0.2, 0.25) is 21.8 Å². The molecular weight excluding hydrogens is 470 g/mol. The number of benzene rings is 2. The predicted molar refractivity (Wildman–Crippen MR) is 128 cm³/mol. The zero-order valence-electron chi connectivity index (χ0n) is 19.1. The van der Waals surface area contributed by atoms with E-state index in [9.17, 15) is 18.0 Å². The molecule has 0 radical (unpaired) electrons. The minimum atomic E-state index is -3.90. The molecular formula is C24H27N5O5S. The zero-order chi connectivity index (χ0) is 24.4. The second kappa shape index (κ2) is 9.67. The number of sulfonamides is 1. The van der Waals surface area contributed by atoms with E-state index in [0.717, 1.165) is 22.0 Å². The normalized spacial score (nSPS) is 18.2. The molecule has 35 heavy (non-hydrogen) atoms. The number of nitrogens with zero attached hydrogens (tertiary/aromatic N) is 2. The van der Waals surface area contributed by atoms with Crippen LogP contribution in [0, 0.1) is 0 Å². The van der Waals surface area contributed by atoms with Crippen LogP contribution in [0.3, 0.4) is 0 Å². The first-order valence-corrected chi connectivity index (χ1v) is 13.1. The topological polar surface area (TPSA) is 133 Å². The number of nitrogens with one attached hydrogen (secondary N) is 3. The van der Waals surface area contributed by atoms with Crippen LogP contribution in [0.25, 0.3) is 10.9 Å². The first-order valence-electron chi connectivity index (χ1n) is 11.6. The third-order valence-electron chi connectivity index (χ3n) is 6.38. The quantitative estimate of drug-likeness (QED) is 0.453. The summed E-state index contributed by atoms with van der Waals surface area (Å²) < 4.78 is 34.0. The van der Waals surface area contributed by atoms with E-state index in [4.69, 9.17) is 4.74 Å². The summed E-state index contributed by atoms with van der Waals surface area (Å²) >= 11 is 0. The van der Waals surface area contributed by atoms with E-state index in [1.54, 1.807) is 18.3 Å². The van der Waals surface area contributed by atoms with Crippen LogP contribution < -0.4 is 14.8 Å². The van der Waals surface area contributed by atoms with Gasteiger partial charge in [0.25, 0.3) is 0 Å². The summed E-state index contributed by atoms with van der Waals surface area (Å²) in [6, 6.07) is 9.54. The van der Waals surface area contributed by atoms with Gasteiger partial charge < -0.3 is 15.0 Å². The molecule has 1 fully saturated rings. The Bertz CT molecular complexity index is 1370. The van der Waals surface area contributed by atoms with Crippen LogP contribution in [0.15, 0.2) is 47.5 Å². The van der Waals surface area contributed by atoms with Gasteiger partial charge in [0, 0.05) is 24.9 Å². The maximum Gasteiger partial charge on any atom is 0.241 e. The predicted octanol–water partition coefficient (Wildman–Crippen LogP) is 1.47. The summed E-state index contributed by atoms with van der Waals surface area (Å²) in [4.78, 5) is 27.3. The molecule has 10 nitrogen and oxygen atoms in total. The lowest BCUT2D eigenvalue weighted by Crippen LogP contribution is -2.49. The van der Waals surface area contributed by atoms with Gasteiger partial charge in [-0.3, -0.25) is 14.7 Å². The van der Waals surface area contributed by atoms with E-state index in [0.29, 0.717) is 51.1 Å². The number of aromatic nitrogens is 2. The number of likely N-dealkylation sites (tertiary alicyclic amines) is 1. The summed E-state index contributed by atoms with van der Waals surface area (Å²) in [7, 11) is -3.90. The fourth-order valence-electron chi connectivity index (χ4n) is 4.49. The Kier molecular flexibility index (Phi) is 6.44. The average molecular weight is 498 g/mol. The number of ether oxygens (including phenoxy) is 1. The third kappa shape index (κ3) is 5.15. The van der Waals surface area contributed by atoms with Gasteiger partial charge >= 0.3 is 0 Å². The summed E-state index contributed by atoms with van der Waals surface area (Å²) in [5, 5.41) is 10.7.